The molecule has 718 valence electrons. The van der Waals surface area contributed by atoms with Gasteiger partial charge in [-0.1, -0.05) is 242 Å². The molecule has 0 amide bonds. The van der Waals surface area contributed by atoms with Gasteiger partial charge in [0.15, 0.2) is 8.07 Å². The van der Waals surface area contributed by atoms with Crippen LogP contribution in [0.2, 0.25) is 0 Å². The Labute approximate surface area is 893 Å². The smallest absolute Gasteiger partial charge is 0.506 e. The zero-order valence-corrected chi connectivity index (χ0v) is 86.5. The second-order valence-corrected chi connectivity index (χ2v) is 35.9. The summed E-state index contributed by atoms with van der Waals surface area (Å²) in [4.78, 5) is 53.0. The topological polar surface area (TPSA) is 203 Å². The summed E-state index contributed by atoms with van der Waals surface area (Å²) in [5.74, 6) is 4.00. The molecule has 4 aliphatic rings. The molecule has 0 unspecified atom stereocenters. The van der Waals surface area contributed by atoms with Crippen LogP contribution in [0.5, 0.6) is 46.5 Å². The Kier molecular flexibility index (Phi) is 33.3. The minimum absolute atomic E-state index is 0. The molecule has 0 radical (unpaired) electrons. The van der Waals surface area contributed by atoms with E-state index >= 15 is 0 Å². The molecule has 22 nitrogen and oxygen atoms in total. The van der Waals surface area contributed by atoms with Gasteiger partial charge in [-0.05, 0) is 143 Å². The minimum Gasteiger partial charge on any atom is -0.506 e. The van der Waals surface area contributed by atoms with Crippen LogP contribution < -0.4 is 64.7 Å². The standard InChI is InChI=1S/C33H25N3O2.C32H25N3O2Si.C26H18N4O2.C26H20N4O2.4Pt/c37-30-20-11-10-19-29(30)35-23-24-36(25-35)38-32-22-12-21-31(34-32)33(26-13-4-1-5-14-26,27-15-6-2-7-16-27)28-17-8-3-9-18-28;36-30-20-11-10-19-29(30)34-23-24-35(25-34)37-31-21-12-22-32(33-31)38(26-13-4-1-5-14-26,27-15-6-2-7-16-27)28-17-8-3-9-18-28;31-24-13-6-5-12-23(24)28-16-17-29(18-28)32-26-15-7-14-25(27-26)30-21-10-3-1-8-19(21)20-9-2-4-11-22(20)30;31-24-15-8-7-14-23(24)28-18-19-29(20-28)32-26-17-9-16-25(27-26)30(21-10-3-1-4-11-21)22-12-5-2-6-13-22;;;;/h1-17,19-25,37H;1-17,19-25,36H;1-10,12-18,31H;1-12,14-20,31H;;;;/q4*-2;4*+2. The number of hydrogen-bond acceptors (Lipinski definition) is 21. The third-order valence-electron chi connectivity index (χ3n) is 23.5. The zero-order chi connectivity index (χ0) is 94.8. The van der Waals surface area contributed by atoms with Crippen molar-refractivity contribution >= 4 is 90.7 Å². The van der Waals surface area contributed by atoms with Crippen LogP contribution in [0.15, 0.2) is 486 Å². The molecule has 27 heteroatoms. The van der Waals surface area contributed by atoms with Crippen LogP contribution >= 0.6 is 0 Å². The first-order valence-electron chi connectivity index (χ1n) is 45.1. The van der Waals surface area contributed by atoms with Gasteiger partial charge in [-0.2, -0.15) is 124 Å². The van der Waals surface area contributed by atoms with Crippen LogP contribution in [0.3, 0.4) is 0 Å². The molecule has 0 fully saturated rings. The van der Waals surface area contributed by atoms with E-state index in [1.165, 1.54) is 10.4 Å². The van der Waals surface area contributed by atoms with Crippen LogP contribution in [0, 0.1) is 50.9 Å². The van der Waals surface area contributed by atoms with Crippen molar-refractivity contribution in [1.82, 2.24) is 44.8 Å². The number of pyridine rings is 4. The summed E-state index contributed by atoms with van der Waals surface area (Å²) in [6.45, 7) is 6.96. The molecular weight excluding hydrogens is 2540 g/mol. The third kappa shape index (κ3) is 22.2. The van der Waals surface area contributed by atoms with E-state index in [1.54, 1.807) is 158 Å². The molecule has 144 heavy (non-hydrogen) atoms. The summed E-state index contributed by atoms with van der Waals surface area (Å²) in [6, 6.07) is 156. The molecule has 0 saturated carbocycles. The van der Waals surface area contributed by atoms with Crippen LogP contribution in [0.1, 0.15) is 22.4 Å². The largest absolute Gasteiger partial charge is 2.00 e. The van der Waals surface area contributed by atoms with Crippen molar-refractivity contribution in [2.45, 2.75) is 5.41 Å². The normalized spacial score (nSPS) is 12.7. The molecule has 5 aromatic heterocycles. The Morgan fingerprint density at radius 1 is 0.299 bits per heavy atom. The number of phenols is 4. The first kappa shape index (κ1) is 101. The molecule has 0 spiro atoms. The van der Waals surface area contributed by atoms with Crippen molar-refractivity contribution in [3.63, 3.8) is 0 Å². The predicted octanol–water partition coefficient (Wildman–Crippen LogP) is 21.5. The summed E-state index contributed by atoms with van der Waals surface area (Å²) < 4.78 is 2.09. The van der Waals surface area contributed by atoms with Crippen molar-refractivity contribution in [2.24, 2.45) is 0 Å². The summed E-state index contributed by atoms with van der Waals surface area (Å²) in [6.07, 6.45) is 14.3. The van der Waals surface area contributed by atoms with E-state index in [0.29, 0.717) is 52.1 Å². The van der Waals surface area contributed by atoms with Gasteiger partial charge in [0.25, 0.3) is 0 Å². The number of hydroxylamine groups is 8. The molecule has 4 aliphatic heterocycles. The zero-order valence-electron chi connectivity index (χ0n) is 76.4. The van der Waals surface area contributed by atoms with Crippen molar-refractivity contribution in [2.75, 3.05) is 24.5 Å². The average Bonchev–Trinajstić information content (AvgIpc) is 0.913. The number of phenolic OH excluding ortho intramolecular Hbond substituents is 4. The quantitative estimate of drug-likeness (QED) is 0.0252. The van der Waals surface area contributed by atoms with Crippen LogP contribution in [0.25, 0.3) is 27.6 Å². The van der Waals surface area contributed by atoms with E-state index in [-0.39, 0.29) is 107 Å². The molecule has 9 heterocycles. The van der Waals surface area contributed by atoms with Crippen LogP contribution in [-0.2, 0) is 89.7 Å². The van der Waals surface area contributed by atoms with E-state index in [0.717, 1.165) is 71.9 Å². The monoisotopic (exact) mass is 2620 g/mol. The second kappa shape index (κ2) is 47.5. The Bertz CT molecular complexity index is 7060. The molecule has 0 atom stereocenters. The third-order valence-corrected chi connectivity index (χ3v) is 28.0. The van der Waals surface area contributed by atoms with E-state index in [4.69, 9.17) is 39.3 Å². The van der Waals surface area contributed by atoms with Gasteiger partial charge in [-0.15, -0.1) is 43.7 Å². The molecule has 0 bridgehead atoms. The fourth-order valence-electron chi connectivity index (χ4n) is 17.2. The minimum atomic E-state index is -2.80. The van der Waals surface area contributed by atoms with Gasteiger partial charge in [0, 0.05) is 65.6 Å². The van der Waals surface area contributed by atoms with Crippen molar-refractivity contribution in [3.8, 4) is 52.3 Å². The fraction of sp³-hybridized carbons (Fsp3) is 0.00855. The van der Waals surface area contributed by atoms with E-state index in [9.17, 15) is 20.4 Å². The number of aromatic nitrogens is 5. The fourth-order valence-corrected chi connectivity index (χ4v) is 21.7. The van der Waals surface area contributed by atoms with Crippen LogP contribution in [-0.4, -0.2) is 73.3 Å². The van der Waals surface area contributed by atoms with E-state index in [1.807, 2.05) is 284 Å². The first-order valence-corrected chi connectivity index (χ1v) is 47.1. The van der Waals surface area contributed by atoms with Gasteiger partial charge in [-0.25, -0.2) is 9.97 Å². The van der Waals surface area contributed by atoms with Crippen LogP contribution in [0.4, 0.5) is 39.9 Å². The SMILES string of the molecule is Oc1ccccc1N1C=CN(Oc2cccc(-n3c4[c-]cccc4c4ccccc43)n2)[CH-]1.Oc1ccccc1N1C=CN(Oc2cccc(C(c3[c-]cccc3)(c3ccccc3)c3ccccc3)n2)[CH-]1.Oc1ccccc1N1C=CN(Oc2cccc(N(c3[c-]cccc3)c3ccccc3)n2)[CH-]1.Oc1ccccc1N1C=CN(Oc2cccc([Si](c3[c-]cccc3)(c3ccccc3)c3ccccc3)n2)[CH-]1.[Pt+2].[Pt+2].[Pt+2].[Pt+2]. The maximum atomic E-state index is 10.2. The average molecular weight is 2630 g/mol. The molecular formula is C117H88N14O8Pt4Si. The number of fused-ring (bicyclic) bond motifs is 3. The summed E-state index contributed by atoms with van der Waals surface area (Å²) >= 11 is 0. The number of para-hydroxylation sites is 12. The van der Waals surface area contributed by atoms with Crippen molar-refractivity contribution in [3.05, 3.63) is 560 Å². The Hall–Kier alpha value is -16.0. The predicted molar refractivity (Wildman–Crippen MR) is 549 cm³/mol. The molecule has 19 aromatic rings. The molecule has 14 aromatic carbocycles. The number of anilines is 7. The maximum absolute atomic E-state index is 10.2. The van der Waals surface area contributed by atoms with E-state index < -0.39 is 13.5 Å². The summed E-state index contributed by atoms with van der Waals surface area (Å²) in [7, 11) is -2.80. The number of nitrogens with zero attached hydrogens (tertiary/aromatic N) is 14. The van der Waals surface area contributed by atoms with Gasteiger partial charge >= 0.3 is 84.3 Å². The summed E-state index contributed by atoms with van der Waals surface area (Å²) in [5.41, 5.74) is 9.77. The number of rotatable bonds is 24. The Morgan fingerprint density at radius 3 is 1.16 bits per heavy atom. The molecule has 4 N–H and O–H groups in total. The summed E-state index contributed by atoms with van der Waals surface area (Å²) in [5, 5.41) is 53.7. The first-order chi connectivity index (χ1) is 69.0. The number of aromatic hydroxyl groups is 4. The Morgan fingerprint density at radius 2 is 0.688 bits per heavy atom. The van der Waals surface area contributed by atoms with E-state index in [2.05, 4.69) is 144 Å². The van der Waals surface area contributed by atoms with Gasteiger partial charge in [0.05, 0.1) is 33.9 Å². The van der Waals surface area contributed by atoms with Gasteiger partial charge < -0.3 is 89.1 Å². The molecule has 23 rings (SSSR count). The molecule has 0 saturated heterocycles. The maximum Gasteiger partial charge on any atom is 2.00 e. The number of benzene rings is 14. The Balaban J connectivity index is 0.000000137. The van der Waals surface area contributed by atoms with Gasteiger partial charge in [0.1, 0.15) is 34.6 Å². The van der Waals surface area contributed by atoms with Gasteiger partial charge in [-0.3, -0.25) is 0 Å². The van der Waals surface area contributed by atoms with Crippen molar-refractivity contribution < 1.29 is 124 Å². The second-order valence-electron chi connectivity index (χ2n) is 32.2. The number of hydrogen-bond donors (Lipinski definition) is 4. The van der Waals surface area contributed by atoms with Crippen molar-refractivity contribution in [1.29, 1.82) is 0 Å². The van der Waals surface area contributed by atoms with Gasteiger partial charge in [0.2, 0.25) is 23.5 Å². The molecule has 0 aliphatic carbocycles.